The van der Waals surface area contributed by atoms with Crippen LogP contribution in [0.25, 0.3) is 6.08 Å². The van der Waals surface area contributed by atoms with Gasteiger partial charge in [0.1, 0.15) is 0 Å². The van der Waals surface area contributed by atoms with E-state index < -0.39 is 17.7 Å². The Morgan fingerprint density at radius 3 is 2.47 bits per heavy atom. The minimum absolute atomic E-state index is 0.0291. The fourth-order valence-electron chi connectivity index (χ4n) is 1.13. The zero-order valence-corrected chi connectivity index (χ0v) is 9.43. The van der Waals surface area contributed by atoms with Crippen LogP contribution in [0.3, 0.4) is 0 Å². The summed E-state index contributed by atoms with van der Waals surface area (Å²) in [6, 6.07) is 2.75. The molecular formula is C11H8ClF3O2. The van der Waals surface area contributed by atoms with Gasteiger partial charge in [0.15, 0.2) is 0 Å². The van der Waals surface area contributed by atoms with Crippen LogP contribution in [0.4, 0.5) is 13.2 Å². The SMILES string of the molecule is CC(=Cc1cc(C(F)(F)F)ccc1Cl)C(=O)O. The Balaban J connectivity index is 3.25. The van der Waals surface area contributed by atoms with Crippen molar-refractivity contribution in [3.05, 3.63) is 39.9 Å². The Morgan fingerprint density at radius 1 is 1.41 bits per heavy atom. The standard InChI is InChI=1S/C11H8ClF3O2/c1-6(10(16)17)4-7-5-8(11(13,14)15)2-3-9(7)12/h2-5H,1H3,(H,16,17). The number of hydrogen-bond acceptors (Lipinski definition) is 1. The van der Waals surface area contributed by atoms with Crippen LogP contribution in [0.2, 0.25) is 5.02 Å². The lowest BCUT2D eigenvalue weighted by molar-refractivity contribution is -0.137. The highest BCUT2D eigenvalue weighted by atomic mass is 35.5. The number of hydrogen-bond donors (Lipinski definition) is 1. The number of aliphatic carboxylic acids is 1. The van der Waals surface area contributed by atoms with Crippen molar-refractivity contribution < 1.29 is 23.1 Å². The van der Waals surface area contributed by atoms with E-state index in [0.717, 1.165) is 24.3 Å². The molecule has 0 aliphatic carbocycles. The Morgan fingerprint density at radius 2 is 2.00 bits per heavy atom. The first kappa shape index (κ1) is 13.6. The predicted octanol–water partition coefficient (Wildman–Crippen LogP) is 3.85. The van der Waals surface area contributed by atoms with E-state index in [4.69, 9.17) is 16.7 Å². The Labute approximate surface area is 100 Å². The van der Waals surface area contributed by atoms with Crippen LogP contribution in [0, 0.1) is 0 Å². The van der Waals surface area contributed by atoms with E-state index in [1.54, 1.807) is 0 Å². The maximum absolute atomic E-state index is 12.4. The molecule has 0 bridgehead atoms. The van der Waals surface area contributed by atoms with E-state index in [9.17, 15) is 18.0 Å². The second-order valence-corrected chi connectivity index (χ2v) is 3.77. The second-order valence-electron chi connectivity index (χ2n) is 3.37. The number of benzene rings is 1. The van der Waals surface area contributed by atoms with Gasteiger partial charge in [-0.15, -0.1) is 0 Å². The molecule has 2 nitrogen and oxygen atoms in total. The van der Waals surface area contributed by atoms with Crippen molar-refractivity contribution in [2.24, 2.45) is 0 Å². The molecule has 0 saturated heterocycles. The molecule has 17 heavy (non-hydrogen) atoms. The van der Waals surface area contributed by atoms with Crippen LogP contribution in [0.15, 0.2) is 23.8 Å². The fourth-order valence-corrected chi connectivity index (χ4v) is 1.30. The molecule has 6 heteroatoms. The molecule has 1 N–H and O–H groups in total. The van der Waals surface area contributed by atoms with Gasteiger partial charge in [0.25, 0.3) is 0 Å². The average Bonchev–Trinajstić information content (AvgIpc) is 2.19. The van der Waals surface area contributed by atoms with Gasteiger partial charge in [-0.3, -0.25) is 0 Å². The molecule has 0 fully saturated rings. The van der Waals surface area contributed by atoms with E-state index in [2.05, 4.69) is 0 Å². The van der Waals surface area contributed by atoms with Crippen LogP contribution < -0.4 is 0 Å². The van der Waals surface area contributed by atoms with E-state index in [1.807, 2.05) is 0 Å². The highest BCUT2D eigenvalue weighted by Gasteiger charge is 2.30. The minimum Gasteiger partial charge on any atom is -0.478 e. The van der Waals surface area contributed by atoms with Crippen molar-refractivity contribution in [2.75, 3.05) is 0 Å². The van der Waals surface area contributed by atoms with Gasteiger partial charge < -0.3 is 5.11 Å². The maximum atomic E-state index is 12.4. The van der Waals surface area contributed by atoms with Crippen molar-refractivity contribution >= 4 is 23.6 Å². The predicted molar refractivity (Wildman–Crippen MR) is 57.7 cm³/mol. The third-order valence-electron chi connectivity index (χ3n) is 2.03. The summed E-state index contributed by atoms with van der Waals surface area (Å²) in [5.41, 5.74) is -0.932. The van der Waals surface area contributed by atoms with Gasteiger partial charge in [0.05, 0.1) is 5.56 Å². The summed E-state index contributed by atoms with van der Waals surface area (Å²) in [6.07, 6.45) is -3.38. The van der Waals surface area contributed by atoms with Crippen molar-refractivity contribution in [1.29, 1.82) is 0 Å². The molecule has 1 aromatic carbocycles. The van der Waals surface area contributed by atoms with Crippen molar-refractivity contribution in [1.82, 2.24) is 0 Å². The molecule has 1 rings (SSSR count). The van der Waals surface area contributed by atoms with Gasteiger partial charge in [-0.25, -0.2) is 4.79 Å². The zero-order chi connectivity index (χ0) is 13.2. The number of carboxylic acid groups (broad SMARTS) is 1. The molecule has 0 spiro atoms. The minimum atomic E-state index is -4.48. The molecule has 92 valence electrons. The molecule has 0 radical (unpaired) electrons. The smallest absolute Gasteiger partial charge is 0.416 e. The molecule has 0 heterocycles. The number of carbonyl (C=O) groups is 1. The van der Waals surface area contributed by atoms with Crippen LogP contribution in [-0.2, 0) is 11.0 Å². The topological polar surface area (TPSA) is 37.3 Å². The largest absolute Gasteiger partial charge is 0.478 e. The summed E-state index contributed by atoms with van der Waals surface area (Å²) in [5.74, 6) is -1.21. The fraction of sp³-hybridized carbons (Fsp3) is 0.182. The molecule has 0 unspecified atom stereocenters. The molecule has 1 aromatic rings. The first-order chi connectivity index (χ1) is 7.71. The Bertz CT molecular complexity index is 478. The number of halogens is 4. The van der Waals surface area contributed by atoms with Crippen LogP contribution in [0.1, 0.15) is 18.1 Å². The van der Waals surface area contributed by atoms with E-state index >= 15 is 0 Å². The van der Waals surface area contributed by atoms with Gasteiger partial charge in [-0.2, -0.15) is 13.2 Å². The summed E-state index contributed by atoms with van der Waals surface area (Å²) in [4.78, 5) is 10.6. The third kappa shape index (κ3) is 3.49. The lowest BCUT2D eigenvalue weighted by Gasteiger charge is -2.08. The van der Waals surface area contributed by atoms with E-state index in [1.165, 1.54) is 6.92 Å². The van der Waals surface area contributed by atoms with Crippen molar-refractivity contribution in [3.63, 3.8) is 0 Å². The quantitative estimate of drug-likeness (QED) is 0.824. The Kier molecular flexibility index (Phi) is 3.83. The van der Waals surface area contributed by atoms with Gasteiger partial charge >= 0.3 is 12.1 Å². The van der Waals surface area contributed by atoms with E-state index in [0.29, 0.717) is 0 Å². The molecule has 0 amide bonds. The lowest BCUT2D eigenvalue weighted by atomic mass is 10.1. The first-order valence-corrected chi connectivity index (χ1v) is 4.88. The third-order valence-corrected chi connectivity index (χ3v) is 2.38. The summed E-state index contributed by atoms with van der Waals surface area (Å²) in [5, 5.41) is 8.70. The van der Waals surface area contributed by atoms with Crippen LogP contribution >= 0.6 is 11.6 Å². The molecule has 0 aliphatic rings. The maximum Gasteiger partial charge on any atom is 0.416 e. The highest BCUT2D eigenvalue weighted by Crippen LogP contribution is 2.32. The van der Waals surface area contributed by atoms with Gasteiger partial charge in [0, 0.05) is 10.6 Å². The summed E-state index contributed by atoms with van der Waals surface area (Å²) < 4.78 is 37.2. The lowest BCUT2D eigenvalue weighted by Crippen LogP contribution is -2.05. The van der Waals surface area contributed by atoms with Crippen molar-refractivity contribution in [3.8, 4) is 0 Å². The van der Waals surface area contributed by atoms with Crippen LogP contribution in [-0.4, -0.2) is 11.1 Å². The average molecular weight is 265 g/mol. The molecule has 0 saturated carbocycles. The second kappa shape index (κ2) is 4.79. The van der Waals surface area contributed by atoms with E-state index in [-0.39, 0.29) is 16.2 Å². The molecular weight excluding hydrogens is 257 g/mol. The highest BCUT2D eigenvalue weighted by molar-refractivity contribution is 6.32. The van der Waals surface area contributed by atoms with Gasteiger partial charge in [0.2, 0.25) is 0 Å². The van der Waals surface area contributed by atoms with Crippen LogP contribution in [0.5, 0.6) is 0 Å². The normalized spacial score (nSPS) is 12.6. The number of alkyl halides is 3. The number of carboxylic acids is 1. The summed E-state index contributed by atoms with van der Waals surface area (Å²) in [7, 11) is 0. The Hall–Kier alpha value is -1.49. The van der Waals surface area contributed by atoms with Gasteiger partial charge in [-0.05, 0) is 36.8 Å². The summed E-state index contributed by atoms with van der Waals surface area (Å²) >= 11 is 5.69. The molecule has 0 aliphatic heterocycles. The molecule has 0 aromatic heterocycles. The van der Waals surface area contributed by atoms with Gasteiger partial charge in [-0.1, -0.05) is 11.6 Å². The first-order valence-electron chi connectivity index (χ1n) is 4.50. The van der Waals surface area contributed by atoms with Crippen molar-refractivity contribution in [2.45, 2.75) is 13.1 Å². The zero-order valence-electron chi connectivity index (χ0n) is 8.68. The molecule has 0 atom stereocenters. The summed E-state index contributed by atoms with van der Waals surface area (Å²) in [6.45, 7) is 1.28. The monoisotopic (exact) mass is 264 g/mol. The number of rotatable bonds is 2.